The summed E-state index contributed by atoms with van der Waals surface area (Å²) in [5.74, 6) is 1.21. The molecular weight excluding hydrogens is 222 g/mol. The van der Waals surface area contributed by atoms with Gasteiger partial charge in [-0.05, 0) is 25.1 Å². The van der Waals surface area contributed by atoms with Crippen molar-refractivity contribution in [2.75, 3.05) is 19.3 Å². The van der Waals surface area contributed by atoms with Crippen LogP contribution in [0.4, 0.5) is 5.82 Å². The fraction of sp³-hybridized carbons (Fsp3) is 0.583. The van der Waals surface area contributed by atoms with Crippen LogP contribution in [0, 0.1) is 5.92 Å². The summed E-state index contributed by atoms with van der Waals surface area (Å²) in [5.41, 5.74) is 6.50. The number of nitrogens with two attached hydrogens (primary N) is 1. The van der Waals surface area contributed by atoms with Crippen LogP contribution in [0.25, 0.3) is 0 Å². The van der Waals surface area contributed by atoms with Gasteiger partial charge in [-0.2, -0.15) is 0 Å². The molecule has 0 radical (unpaired) electrons. The fourth-order valence-electron chi connectivity index (χ4n) is 1.59. The van der Waals surface area contributed by atoms with E-state index in [1.807, 2.05) is 0 Å². The lowest BCUT2D eigenvalue weighted by Gasteiger charge is -2.20. The van der Waals surface area contributed by atoms with Gasteiger partial charge in [0, 0.05) is 13.1 Å². The van der Waals surface area contributed by atoms with Crippen LogP contribution in [0.3, 0.4) is 0 Å². The number of halogens is 1. The molecule has 0 saturated heterocycles. The van der Waals surface area contributed by atoms with Gasteiger partial charge < -0.3 is 10.6 Å². The lowest BCUT2D eigenvalue weighted by atomic mass is 10.1. The third-order valence-electron chi connectivity index (χ3n) is 2.68. The molecule has 1 heterocycles. The van der Waals surface area contributed by atoms with E-state index in [9.17, 15) is 0 Å². The summed E-state index contributed by atoms with van der Waals surface area (Å²) in [5, 5.41) is 0.685. The van der Waals surface area contributed by atoms with E-state index in [0.29, 0.717) is 16.8 Å². The zero-order valence-electron chi connectivity index (χ0n) is 10.2. The van der Waals surface area contributed by atoms with Gasteiger partial charge in [-0.1, -0.05) is 31.9 Å². The van der Waals surface area contributed by atoms with Crippen molar-refractivity contribution in [2.45, 2.75) is 26.8 Å². The second kappa shape index (κ2) is 6.06. The van der Waals surface area contributed by atoms with Crippen LogP contribution in [-0.4, -0.2) is 23.5 Å². The number of aromatic nitrogens is 1. The molecule has 3 nitrogen and oxygen atoms in total. The minimum absolute atomic E-state index is 0.524. The molecule has 1 aromatic heterocycles. The van der Waals surface area contributed by atoms with Crippen molar-refractivity contribution >= 4 is 17.4 Å². The lowest BCUT2D eigenvalue weighted by molar-refractivity contribution is 0.272. The Bertz CT molecular complexity index is 341. The molecule has 0 aromatic carbocycles. The summed E-state index contributed by atoms with van der Waals surface area (Å²) < 4.78 is 0. The minimum Gasteiger partial charge on any atom is -0.384 e. The largest absolute Gasteiger partial charge is 0.384 e. The van der Waals surface area contributed by atoms with Gasteiger partial charge >= 0.3 is 0 Å². The van der Waals surface area contributed by atoms with Crippen LogP contribution in [0.5, 0.6) is 0 Å². The monoisotopic (exact) mass is 241 g/mol. The summed E-state index contributed by atoms with van der Waals surface area (Å²) in [7, 11) is 2.08. The van der Waals surface area contributed by atoms with E-state index in [-0.39, 0.29) is 0 Å². The number of rotatable bonds is 5. The third kappa shape index (κ3) is 3.99. The predicted molar refractivity (Wildman–Crippen MR) is 69.4 cm³/mol. The van der Waals surface area contributed by atoms with E-state index in [0.717, 1.165) is 18.8 Å². The van der Waals surface area contributed by atoms with Crippen molar-refractivity contribution in [1.29, 1.82) is 0 Å². The molecule has 2 N–H and O–H groups in total. The number of nitrogens with zero attached hydrogens (tertiary/aromatic N) is 2. The maximum absolute atomic E-state index is 6.07. The molecule has 1 atom stereocenters. The summed E-state index contributed by atoms with van der Waals surface area (Å²) in [6.07, 6.45) is 1.18. The normalized spacial score (nSPS) is 13.1. The van der Waals surface area contributed by atoms with Crippen molar-refractivity contribution in [2.24, 2.45) is 5.92 Å². The number of hydrogen-bond acceptors (Lipinski definition) is 3. The van der Waals surface area contributed by atoms with Crippen molar-refractivity contribution in [3.63, 3.8) is 0 Å². The topological polar surface area (TPSA) is 42.2 Å². The molecule has 90 valence electrons. The van der Waals surface area contributed by atoms with Crippen molar-refractivity contribution < 1.29 is 0 Å². The van der Waals surface area contributed by atoms with Crippen LogP contribution in [0.2, 0.25) is 5.02 Å². The highest BCUT2D eigenvalue weighted by molar-refractivity contribution is 6.31. The Kier molecular flexibility index (Phi) is 5.03. The first kappa shape index (κ1) is 13.3. The highest BCUT2D eigenvalue weighted by Gasteiger charge is 2.09. The predicted octanol–water partition coefficient (Wildman–Crippen LogP) is 2.80. The minimum atomic E-state index is 0.524. The summed E-state index contributed by atoms with van der Waals surface area (Å²) in [4.78, 5) is 6.47. The van der Waals surface area contributed by atoms with Crippen LogP contribution >= 0.6 is 11.6 Å². The molecule has 1 aromatic rings. The quantitative estimate of drug-likeness (QED) is 0.862. The van der Waals surface area contributed by atoms with Crippen molar-refractivity contribution in [3.05, 3.63) is 22.8 Å². The number of nitrogen functional groups attached to an aromatic ring is 1. The molecule has 0 bridgehead atoms. The van der Waals surface area contributed by atoms with Crippen molar-refractivity contribution in [1.82, 2.24) is 9.88 Å². The Labute approximate surface area is 103 Å². The van der Waals surface area contributed by atoms with Crippen LogP contribution in [0.15, 0.2) is 12.1 Å². The molecule has 0 aliphatic rings. The molecule has 1 rings (SSSR count). The van der Waals surface area contributed by atoms with Gasteiger partial charge in [0.25, 0.3) is 0 Å². The van der Waals surface area contributed by atoms with E-state index >= 15 is 0 Å². The second-order valence-electron chi connectivity index (χ2n) is 4.37. The maximum Gasteiger partial charge on any atom is 0.123 e. The van der Waals surface area contributed by atoms with Crippen LogP contribution in [0.1, 0.15) is 26.0 Å². The van der Waals surface area contributed by atoms with Gasteiger partial charge in [-0.15, -0.1) is 0 Å². The smallest absolute Gasteiger partial charge is 0.123 e. The van der Waals surface area contributed by atoms with Crippen LogP contribution < -0.4 is 5.73 Å². The molecule has 0 spiro atoms. The summed E-state index contributed by atoms with van der Waals surface area (Å²) >= 11 is 6.07. The van der Waals surface area contributed by atoms with Gasteiger partial charge in [0.05, 0.1) is 10.7 Å². The van der Waals surface area contributed by atoms with E-state index in [2.05, 4.69) is 30.8 Å². The van der Waals surface area contributed by atoms with Gasteiger partial charge in [0.2, 0.25) is 0 Å². The van der Waals surface area contributed by atoms with E-state index in [4.69, 9.17) is 17.3 Å². The van der Waals surface area contributed by atoms with Gasteiger partial charge in [0.15, 0.2) is 0 Å². The van der Waals surface area contributed by atoms with Crippen LogP contribution in [-0.2, 0) is 6.54 Å². The second-order valence-corrected chi connectivity index (χ2v) is 4.78. The average Bonchev–Trinajstić information content (AvgIpc) is 2.23. The zero-order valence-corrected chi connectivity index (χ0v) is 11.0. The molecule has 16 heavy (non-hydrogen) atoms. The number of pyridine rings is 1. The number of anilines is 1. The molecule has 0 amide bonds. The Morgan fingerprint density at radius 1 is 1.50 bits per heavy atom. The summed E-state index contributed by atoms with van der Waals surface area (Å²) in [6, 6.07) is 3.52. The first-order chi connectivity index (χ1) is 7.52. The molecule has 0 aliphatic carbocycles. The Balaban J connectivity index is 2.61. The van der Waals surface area contributed by atoms with Gasteiger partial charge in [0.1, 0.15) is 5.82 Å². The fourth-order valence-corrected chi connectivity index (χ4v) is 1.76. The molecule has 0 aliphatic heterocycles. The standard InChI is InChI=1S/C12H20ClN3/c1-4-9(2)7-16(3)8-11-10(13)5-6-12(14)15-11/h5-6,9H,4,7-8H2,1-3H3,(H2,14,15). The summed E-state index contributed by atoms with van der Waals surface area (Å²) in [6.45, 7) is 6.23. The van der Waals surface area contributed by atoms with E-state index in [1.54, 1.807) is 12.1 Å². The third-order valence-corrected chi connectivity index (χ3v) is 3.02. The Morgan fingerprint density at radius 3 is 2.81 bits per heavy atom. The van der Waals surface area contributed by atoms with Gasteiger partial charge in [-0.3, -0.25) is 0 Å². The highest BCUT2D eigenvalue weighted by atomic mass is 35.5. The number of hydrogen-bond donors (Lipinski definition) is 1. The first-order valence-electron chi connectivity index (χ1n) is 5.62. The lowest BCUT2D eigenvalue weighted by Crippen LogP contribution is -2.24. The molecular formula is C12H20ClN3. The molecule has 0 fully saturated rings. The first-order valence-corrected chi connectivity index (χ1v) is 6.00. The maximum atomic E-state index is 6.07. The zero-order chi connectivity index (χ0) is 12.1. The average molecular weight is 242 g/mol. The SMILES string of the molecule is CCC(C)CN(C)Cc1nc(N)ccc1Cl. The van der Waals surface area contributed by atoms with Gasteiger partial charge in [-0.25, -0.2) is 4.98 Å². The molecule has 0 saturated carbocycles. The van der Waals surface area contributed by atoms with Crippen molar-refractivity contribution in [3.8, 4) is 0 Å². The Hall–Kier alpha value is -0.800. The highest BCUT2D eigenvalue weighted by Crippen LogP contribution is 2.17. The molecule has 4 heteroatoms. The molecule has 1 unspecified atom stereocenters. The van der Waals surface area contributed by atoms with E-state index < -0.39 is 0 Å². The van der Waals surface area contributed by atoms with E-state index in [1.165, 1.54) is 6.42 Å². The Morgan fingerprint density at radius 2 is 2.19 bits per heavy atom.